The van der Waals surface area contributed by atoms with Crippen molar-refractivity contribution in [1.29, 1.82) is 0 Å². The predicted octanol–water partition coefficient (Wildman–Crippen LogP) is 1.62. The summed E-state index contributed by atoms with van der Waals surface area (Å²) in [7, 11) is 3.63. The number of hydrogen-bond donors (Lipinski definition) is 0. The van der Waals surface area contributed by atoms with E-state index in [1.165, 1.54) is 25.7 Å². The van der Waals surface area contributed by atoms with E-state index in [0.717, 1.165) is 13.2 Å². The summed E-state index contributed by atoms with van der Waals surface area (Å²) in [5.41, 5.74) is 0. The minimum absolute atomic E-state index is 0.309. The van der Waals surface area contributed by atoms with Crippen LogP contribution in [0.4, 0.5) is 0 Å². The lowest BCUT2D eigenvalue weighted by Crippen LogP contribution is -2.36. The fraction of sp³-hybridized carbons (Fsp3) is 1.00. The maximum atomic E-state index is 5.61. The van der Waals surface area contributed by atoms with Crippen LogP contribution in [0.3, 0.4) is 0 Å². The van der Waals surface area contributed by atoms with Crippen LogP contribution in [-0.2, 0) is 18.9 Å². The highest BCUT2D eigenvalue weighted by Crippen LogP contribution is 2.39. The summed E-state index contributed by atoms with van der Waals surface area (Å²) < 4.78 is 22.0. The van der Waals surface area contributed by atoms with Crippen molar-refractivity contribution in [1.82, 2.24) is 0 Å². The second kappa shape index (κ2) is 5.45. The normalized spacial score (nSPS) is 42.3. The van der Waals surface area contributed by atoms with Gasteiger partial charge in [0.15, 0.2) is 0 Å². The molecule has 1 saturated carbocycles. The van der Waals surface area contributed by atoms with Crippen molar-refractivity contribution in [2.75, 3.05) is 27.4 Å². The maximum Gasteiger partial charge on any atom is 0.107 e. The monoisotopic (exact) mass is 256 g/mol. The molecule has 4 atom stereocenters. The Bertz CT molecular complexity index is 239. The molecule has 3 aliphatic rings. The molecule has 18 heavy (non-hydrogen) atoms. The molecule has 2 saturated heterocycles. The molecule has 0 amide bonds. The fourth-order valence-electron chi connectivity index (χ4n) is 3.59. The molecular weight excluding hydrogens is 232 g/mol. The van der Waals surface area contributed by atoms with Crippen LogP contribution in [0.15, 0.2) is 0 Å². The molecule has 3 fully saturated rings. The zero-order valence-corrected chi connectivity index (χ0v) is 11.3. The third-order valence-electron chi connectivity index (χ3n) is 4.74. The zero-order valence-electron chi connectivity index (χ0n) is 11.3. The molecule has 4 nitrogen and oxygen atoms in total. The first-order valence-corrected chi connectivity index (χ1v) is 7.12. The SMILES string of the molecule is COC(C1CCC(C(OC)C2CO2)CC1)C1CO1. The van der Waals surface area contributed by atoms with E-state index >= 15 is 0 Å². The minimum atomic E-state index is 0.309. The Labute approximate surface area is 109 Å². The lowest BCUT2D eigenvalue weighted by molar-refractivity contribution is -0.0216. The van der Waals surface area contributed by atoms with Crippen LogP contribution in [0.2, 0.25) is 0 Å². The minimum Gasteiger partial charge on any atom is -0.378 e. The van der Waals surface area contributed by atoms with Gasteiger partial charge in [0, 0.05) is 14.2 Å². The molecule has 104 valence electrons. The number of epoxide rings is 2. The van der Waals surface area contributed by atoms with E-state index in [4.69, 9.17) is 18.9 Å². The molecule has 0 radical (unpaired) electrons. The third kappa shape index (κ3) is 2.72. The van der Waals surface area contributed by atoms with E-state index < -0.39 is 0 Å². The van der Waals surface area contributed by atoms with Crippen LogP contribution in [0.25, 0.3) is 0 Å². The van der Waals surface area contributed by atoms with Crippen LogP contribution in [0.1, 0.15) is 25.7 Å². The summed E-state index contributed by atoms with van der Waals surface area (Å²) in [6, 6.07) is 0. The van der Waals surface area contributed by atoms with Crippen molar-refractivity contribution in [2.24, 2.45) is 11.8 Å². The summed E-state index contributed by atoms with van der Waals surface area (Å²) in [6.45, 7) is 1.77. The van der Waals surface area contributed by atoms with Crippen molar-refractivity contribution in [3.63, 3.8) is 0 Å². The lowest BCUT2D eigenvalue weighted by Gasteiger charge is -2.35. The van der Waals surface area contributed by atoms with Crippen LogP contribution >= 0.6 is 0 Å². The Hall–Kier alpha value is -0.160. The van der Waals surface area contributed by atoms with E-state index in [1.54, 1.807) is 0 Å². The summed E-state index contributed by atoms with van der Waals surface area (Å²) in [5.74, 6) is 1.33. The van der Waals surface area contributed by atoms with Gasteiger partial charge in [-0.15, -0.1) is 0 Å². The molecule has 0 bridgehead atoms. The summed E-state index contributed by atoms with van der Waals surface area (Å²) in [6.07, 6.45) is 6.27. The van der Waals surface area contributed by atoms with Crippen LogP contribution in [-0.4, -0.2) is 51.8 Å². The quantitative estimate of drug-likeness (QED) is 0.677. The molecule has 4 unspecified atom stereocenters. The van der Waals surface area contributed by atoms with Crippen LogP contribution < -0.4 is 0 Å². The van der Waals surface area contributed by atoms with Gasteiger partial charge in [-0.1, -0.05) is 0 Å². The first-order valence-electron chi connectivity index (χ1n) is 7.12. The standard InChI is InChI=1S/C14H24O4/c1-15-13(11-7-17-11)9-3-5-10(6-4-9)14(16-2)12-8-18-12/h9-14H,3-8H2,1-2H3. The molecule has 1 aliphatic carbocycles. The second-order valence-electron chi connectivity index (χ2n) is 5.82. The van der Waals surface area contributed by atoms with Gasteiger partial charge in [-0.05, 0) is 37.5 Å². The maximum absolute atomic E-state index is 5.61. The number of methoxy groups -OCH3 is 2. The van der Waals surface area contributed by atoms with Gasteiger partial charge < -0.3 is 18.9 Å². The molecule has 0 aromatic rings. The topological polar surface area (TPSA) is 43.5 Å². The Morgan fingerprint density at radius 1 is 0.778 bits per heavy atom. The van der Waals surface area contributed by atoms with E-state index in [9.17, 15) is 0 Å². The fourth-order valence-corrected chi connectivity index (χ4v) is 3.59. The first-order chi connectivity index (χ1) is 8.83. The molecule has 2 heterocycles. The van der Waals surface area contributed by atoms with Crippen molar-refractivity contribution in [3.8, 4) is 0 Å². The Morgan fingerprint density at radius 2 is 1.11 bits per heavy atom. The zero-order chi connectivity index (χ0) is 12.5. The number of ether oxygens (including phenoxy) is 4. The molecule has 2 aliphatic heterocycles. The van der Waals surface area contributed by atoms with E-state index in [0.29, 0.717) is 36.3 Å². The molecule has 0 spiro atoms. The number of rotatable bonds is 6. The third-order valence-corrected chi connectivity index (χ3v) is 4.74. The second-order valence-corrected chi connectivity index (χ2v) is 5.82. The summed E-state index contributed by atoms with van der Waals surface area (Å²) >= 11 is 0. The van der Waals surface area contributed by atoms with Gasteiger partial charge in [0.2, 0.25) is 0 Å². The average molecular weight is 256 g/mol. The van der Waals surface area contributed by atoms with Crippen molar-refractivity contribution < 1.29 is 18.9 Å². The molecule has 3 rings (SSSR count). The highest BCUT2D eigenvalue weighted by Gasteiger charge is 2.43. The van der Waals surface area contributed by atoms with Gasteiger partial charge in [-0.25, -0.2) is 0 Å². The van der Waals surface area contributed by atoms with E-state index in [-0.39, 0.29) is 0 Å². The summed E-state index contributed by atoms with van der Waals surface area (Å²) in [5, 5.41) is 0. The Kier molecular flexibility index (Phi) is 3.89. The van der Waals surface area contributed by atoms with Crippen LogP contribution in [0.5, 0.6) is 0 Å². The van der Waals surface area contributed by atoms with Gasteiger partial charge in [0.05, 0.1) is 25.4 Å². The molecule has 0 aromatic carbocycles. The Morgan fingerprint density at radius 3 is 1.33 bits per heavy atom. The molecule has 0 N–H and O–H groups in total. The smallest absolute Gasteiger partial charge is 0.107 e. The Balaban J connectivity index is 1.50. The molecule has 0 aromatic heterocycles. The van der Waals surface area contributed by atoms with E-state index in [1.807, 2.05) is 14.2 Å². The number of hydrogen-bond acceptors (Lipinski definition) is 4. The van der Waals surface area contributed by atoms with E-state index in [2.05, 4.69) is 0 Å². The predicted molar refractivity (Wildman–Crippen MR) is 66.5 cm³/mol. The highest BCUT2D eigenvalue weighted by atomic mass is 16.6. The average Bonchev–Trinajstić information content (AvgIpc) is 3.26. The largest absolute Gasteiger partial charge is 0.378 e. The summed E-state index contributed by atoms with van der Waals surface area (Å²) in [4.78, 5) is 0. The van der Waals surface area contributed by atoms with Gasteiger partial charge in [-0.2, -0.15) is 0 Å². The van der Waals surface area contributed by atoms with Crippen molar-refractivity contribution in [3.05, 3.63) is 0 Å². The van der Waals surface area contributed by atoms with Gasteiger partial charge >= 0.3 is 0 Å². The highest BCUT2D eigenvalue weighted by molar-refractivity contribution is 4.92. The molecule has 4 heteroatoms. The van der Waals surface area contributed by atoms with Gasteiger partial charge in [-0.3, -0.25) is 0 Å². The van der Waals surface area contributed by atoms with Crippen LogP contribution in [0, 0.1) is 11.8 Å². The van der Waals surface area contributed by atoms with Crippen molar-refractivity contribution >= 4 is 0 Å². The van der Waals surface area contributed by atoms with Crippen molar-refractivity contribution in [2.45, 2.75) is 50.1 Å². The molecular formula is C14H24O4. The van der Waals surface area contributed by atoms with Gasteiger partial charge in [0.1, 0.15) is 12.2 Å². The lowest BCUT2D eigenvalue weighted by atomic mass is 9.76. The van der Waals surface area contributed by atoms with Gasteiger partial charge in [0.25, 0.3) is 0 Å². The first kappa shape index (κ1) is 12.9.